The lowest BCUT2D eigenvalue weighted by molar-refractivity contribution is 0.102. The highest BCUT2D eigenvalue weighted by atomic mass is 32.1. The molecule has 18 heavy (non-hydrogen) atoms. The molecule has 92 valence electrons. The molecule has 2 aromatic carbocycles. The lowest BCUT2D eigenvalue weighted by Gasteiger charge is -2.06. The third-order valence-corrected chi connectivity index (χ3v) is 2.73. The molecule has 1 amide bonds. The molecule has 0 saturated carbocycles. The van der Waals surface area contributed by atoms with Crippen molar-refractivity contribution in [3.8, 4) is 5.75 Å². The number of thiol groups is 1. The number of benzene rings is 2. The summed E-state index contributed by atoms with van der Waals surface area (Å²) in [4.78, 5) is 12.7. The highest BCUT2D eigenvalue weighted by molar-refractivity contribution is 7.80. The zero-order valence-electron chi connectivity index (χ0n) is 9.88. The molecule has 0 spiro atoms. The number of hydrogen-bond acceptors (Lipinski definition) is 3. The molecule has 0 saturated heterocycles. The van der Waals surface area contributed by atoms with Crippen molar-refractivity contribution in [1.29, 1.82) is 0 Å². The number of carbonyl (C=O) groups is 1. The summed E-state index contributed by atoms with van der Waals surface area (Å²) < 4.78 is 5.05. The average Bonchev–Trinajstić information content (AvgIpc) is 2.39. The number of nitrogens with one attached hydrogen (secondary N) is 1. The summed E-state index contributed by atoms with van der Waals surface area (Å²) >= 11 is 4.20. The molecular formula is C14H13NO2S. The van der Waals surface area contributed by atoms with Gasteiger partial charge in [-0.1, -0.05) is 6.07 Å². The van der Waals surface area contributed by atoms with E-state index in [1.54, 1.807) is 49.6 Å². The standard InChI is InChI=1S/C14H13NO2S/c1-17-12-7-5-11(6-8-12)15-14(16)10-3-2-4-13(18)9-10/h2-9,18H,1H3,(H,15,16). The Balaban J connectivity index is 2.11. The quantitative estimate of drug-likeness (QED) is 0.830. The third kappa shape index (κ3) is 3.05. The van der Waals surface area contributed by atoms with E-state index in [2.05, 4.69) is 17.9 Å². The topological polar surface area (TPSA) is 38.3 Å². The van der Waals surface area contributed by atoms with Gasteiger partial charge in [0.2, 0.25) is 0 Å². The first kappa shape index (κ1) is 12.5. The van der Waals surface area contributed by atoms with Gasteiger partial charge < -0.3 is 10.1 Å². The van der Waals surface area contributed by atoms with Crippen LogP contribution in [-0.4, -0.2) is 13.0 Å². The van der Waals surface area contributed by atoms with Gasteiger partial charge in [0.05, 0.1) is 7.11 Å². The van der Waals surface area contributed by atoms with Crippen LogP contribution in [0, 0.1) is 0 Å². The largest absolute Gasteiger partial charge is 0.497 e. The number of anilines is 1. The zero-order chi connectivity index (χ0) is 13.0. The molecule has 0 atom stereocenters. The molecule has 0 radical (unpaired) electrons. The molecule has 0 bridgehead atoms. The van der Waals surface area contributed by atoms with Crippen molar-refractivity contribution >= 4 is 24.2 Å². The van der Waals surface area contributed by atoms with Crippen LogP contribution in [0.5, 0.6) is 5.75 Å². The summed E-state index contributed by atoms with van der Waals surface area (Å²) in [5.41, 5.74) is 1.31. The molecule has 3 nitrogen and oxygen atoms in total. The van der Waals surface area contributed by atoms with Crippen molar-refractivity contribution < 1.29 is 9.53 Å². The first-order valence-corrected chi connectivity index (χ1v) is 5.88. The molecule has 4 heteroatoms. The van der Waals surface area contributed by atoms with Crippen molar-refractivity contribution in [3.63, 3.8) is 0 Å². The molecule has 0 heterocycles. The van der Waals surface area contributed by atoms with Crippen molar-refractivity contribution in [2.24, 2.45) is 0 Å². The van der Waals surface area contributed by atoms with E-state index >= 15 is 0 Å². The third-order valence-electron chi connectivity index (χ3n) is 2.46. The van der Waals surface area contributed by atoms with Crippen molar-refractivity contribution in [2.75, 3.05) is 12.4 Å². The summed E-state index contributed by atoms with van der Waals surface area (Å²) in [7, 11) is 1.60. The summed E-state index contributed by atoms with van der Waals surface area (Å²) in [6, 6.07) is 14.3. The number of ether oxygens (including phenoxy) is 1. The summed E-state index contributed by atoms with van der Waals surface area (Å²) in [5, 5.41) is 2.81. The van der Waals surface area contributed by atoms with Gasteiger partial charge in [0, 0.05) is 16.1 Å². The van der Waals surface area contributed by atoms with Crippen LogP contribution in [0.1, 0.15) is 10.4 Å². The van der Waals surface area contributed by atoms with Crippen LogP contribution in [0.2, 0.25) is 0 Å². The maximum Gasteiger partial charge on any atom is 0.255 e. The predicted octanol–water partition coefficient (Wildman–Crippen LogP) is 3.24. The average molecular weight is 259 g/mol. The number of amides is 1. The Labute approximate surface area is 111 Å². The predicted molar refractivity (Wildman–Crippen MR) is 74.6 cm³/mol. The normalized spacial score (nSPS) is 9.89. The van der Waals surface area contributed by atoms with E-state index < -0.39 is 0 Å². The van der Waals surface area contributed by atoms with E-state index in [1.807, 2.05) is 6.07 Å². The maximum absolute atomic E-state index is 11.9. The summed E-state index contributed by atoms with van der Waals surface area (Å²) in [6.07, 6.45) is 0. The van der Waals surface area contributed by atoms with Gasteiger partial charge >= 0.3 is 0 Å². The number of carbonyl (C=O) groups excluding carboxylic acids is 1. The Hall–Kier alpha value is -1.94. The fourth-order valence-electron chi connectivity index (χ4n) is 1.52. The monoisotopic (exact) mass is 259 g/mol. The smallest absolute Gasteiger partial charge is 0.255 e. The molecule has 1 N–H and O–H groups in total. The van der Waals surface area contributed by atoms with Gasteiger partial charge in [-0.25, -0.2) is 0 Å². The molecule has 0 aliphatic carbocycles. The van der Waals surface area contributed by atoms with Crippen molar-refractivity contribution in [3.05, 3.63) is 54.1 Å². The van der Waals surface area contributed by atoms with Gasteiger partial charge in [0.15, 0.2) is 0 Å². The van der Waals surface area contributed by atoms with E-state index in [4.69, 9.17) is 4.74 Å². The second-order valence-electron chi connectivity index (χ2n) is 3.73. The van der Waals surface area contributed by atoms with Gasteiger partial charge in [-0.2, -0.15) is 0 Å². The zero-order valence-corrected chi connectivity index (χ0v) is 10.8. The first-order chi connectivity index (χ1) is 8.69. The van der Waals surface area contributed by atoms with Gasteiger partial charge in [-0.3, -0.25) is 4.79 Å². The van der Waals surface area contributed by atoms with Crippen LogP contribution < -0.4 is 10.1 Å². The molecule has 2 aromatic rings. The minimum Gasteiger partial charge on any atom is -0.497 e. The van der Waals surface area contributed by atoms with Crippen LogP contribution in [0.4, 0.5) is 5.69 Å². The van der Waals surface area contributed by atoms with Gasteiger partial charge in [0.1, 0.15) is 5.75 Å². The highest BCUT2D eigenvalue weighted by Crippen LogP contribution is 2.16. The summed E-state index contributed by atoms with van der Waals surface area (Å²) in [5.74, 6) is 0.599. The van der Waals surface area contributed by atoms with Crippen LogP contribution >= 0.6 is 12.6 Å². The van der Waals surface area contributed by atoms with E-state index in [9.17, 15) is 4.79 Å². The molecular weight excluding hydrogens is 246 g/mol. The van der Waals surface area contributed by atoms with E-state index in [0.29, 0.717) is 5.56 Å². The van der Waals surface area contributed by atoms with Crippen molar-refractivity contribution in [1.82, 2.24) is 0 Å². The number of hydrogen-bond donors (Lipinski definition) is 2. The Kier molecular flexibility index (Phi) is 3.89. The second-order valence-corrected chi connectivity index (χ2v) is 4.25. The highest BCUT2D eigenvalue weighted by Gasteiger charge is 2.05. The minimum absolute atomic E-state index is 0.156. The Morgan fingerprint density at radius 1 is 1.17 bits per heavy atom. The molecule has 2 rings (SSSR count). The molecule has 0 aromatic heterocycles. The minimum atomic E-state index is -0.156. The lowest BCUT2D eigenvalue weighted by Crippen LogP contribution is -2.11. The van der Waals surface area contributed by atoms with Crippen LogP contribution in [0.15, 0.2) is 53.4 Å². The number of rotatable bonds is 3. The fraction of sp³-hybridized carbons (Fsp3) is 0.0714. The van der Waals surface area contributed by atoms with Crippen LogP contribution in [0.3, 0.4) is 0 Å². The van der Waals surface area contributed by atoms with Gasteiger partial charge in [-0.15, -0.1) is 12.6 Å². The Morgan fingerprint density at radius 3 is 2.50 bits per heavy atom. The van der Waals surface area contributed by atoms with E-state index in [0.717, 1.165) is 16.3 Å². The van der Waals surface area contributed by atoms with Crippen LogP contribution in [0.25, 0.3) is 0 Å². The first-order valence-electron chi connectivity index (χ1n) is 5.43. The maximum atomic E-state index is 11.9. The Bertz CT molecular complexity index is 552. The lowest BCUT2D eigenvalue weighted by atomic mass is 10.2. The van der Waals surface area contributed by atoms with Gasteiger partial charge in [-0.05, 0) is 42.5 Å². The van der Waals surface area contributed by atoms with Crippen molar-refractivity contribution in [2.45, 2.75) is 4.90 Å². The molecule has 0 unspecified atom stereocenters. The summed E-state index contributed by atoms with van der Waals surface area (Å²) in [6.45, 7) is 0. The Morgan fingerprint density at radius 2 is 1.89 bits per heavy atom. The number of methoxy groups -OCH3 is 1. The van der Waals surface area contributed by atoms with E-state index in [-0.39, 0.29) is 5.91 Å². The SMILES string of the molecule is COc1ccc(NC(=O)c2cccc(S)c2)cc1. The molecule has 0 aliphatic rings. The molecule has 0 aliphatic heterocycles. The molecule has 0 fully saturated rings. The second kappa shape index (κ2) is 5.60. The fourth-order valence-corrected chi connectivity index (χ4v) is 1.75. The van der Waals surface area contributed by atoms with Crippen LogP contribution in [-0.2, 0) is 0 Å². The van der Waals surface area contributed by atoms with E-state index in [1.165, 1.54) is 0 Å². The van der Waals surface area contributed by atoms with Gasteiger partial charge in [0.25, 0.3) is 5.91 Å².